The maximum Gasteiger partial charge on any atom is 0.0982 e. The summed E-state index contributed by atoms with van der Waals surface area (Å²) < 4.78 is 1.18. The van der Waals surface area contributed by atoms with Crippen molar-refractivity contribution in [3.63, 3.8) is 0 Å². The maximum atomic E-state index is 2.43. The number of rotatable bonds is 5. The van der Waals surface area contributed by atoms with Crippen LogP contribution in [0.25, 0.3) is 0 Å². The second kappa shape index (κ2) is 5.08. The van der Waals surface area contributed by atoms with Crippen molar-refractivity contribution in [2.45, 2.75) is 67.3 Å². The van der Waals surface area contributed by atoms with Crippen LogP contribution in [0.1, 0.15) is 61.8 Å². The molecule has 0 aromatic rings. The van der Waals surface area contributed by atoms with E-state index in [4.69, 9.17) is 0 Å². The molecular formula is C15H34N+. The van der Waals surface area contributed by atoms with Gasteiger partial charge in [-0.15, -0.1) is 0 Å². The van der Waals surface area contributed by atoms with Crippen molar-refractivity contribution in [1.29, 1.82) is 0 Å². The second-order valence-corrected chi connectivity index (χ2v) is 7.43. The fourth-order valence-electron chi connectivity index (χ4n) is 2.19. The highest BCUT2D eigenvalue weighted by molar-refractivity contribution is 4.84. The Bertz CT molecular complexity index is 210. The van der Waals surface area contributed by atoms with E-state index in [2.05, 4.69) is 62.4 Å². The lowest BCUT2D eigenvalue weighted by Gasteiger charge is -2.54. The Kier molecular flexibility index (Phi) is 5.07. The minimum atomic E-state index is 0.316. The van der Waals surface area contributed by atoms with Gasteiger partial charge in [0.15, 0.2) is 0 Å². The van der Waals surface area contributed by atoms with Crippen molar-refractivity contribution in [2.24, 2.45) is 11.3 Å². The van der Waals surface area contributed by atoms with Gasteiger partial charge in [0.1, 0.15) is 0 Å². The molecule has 16 heavy (non-hydrogen) atoms. The first-order valence-electron chi connectivity index (χ1n) is 6.82. The lowest BCUT2D eigenvalue weighted by Crippen LogP contribution is -2.65. The zero-order chi connectivity index (χ0) is 13.2. The lowest BCUT2D eigenvalue weighted by atomic mass is 9.73. The smallest absolute Gasteiger partial charge is 0.0982 e. The zero-order valence-electron chi connectivity index (χ0n) is 13.1. The van der Waals surface area contributed by atoms with Crippen LogP contribution in [-0.4, -0.2) is 30.2 Å². The van der Waals surface area contributed by atoms with E-state index in [0.717, 1.165) is 5.92 Å². The summed E-state index contributed by atoms with van der Waals surface area (Å²) >= 11 is 0. The van der Waals surface area contributed by atoms with Gasteiger partial charge in [0, 0.05) is 5.41 Å². The van der Waals surface area contributed by atoms with Gasteiger partial charge in [-0.1, -0.05) is 34.6 Å². The van der Waals surface area contributed by atoms with Crippen molar-refractivity contribution in [3.8, 4) is 0 Å². The first-order chi connectivity index (χ1) is 6.98. The van der Waals surface area contributed by atoms with Crippen molar-refractivity contribution in [3.05, 3.63) is 0 Å². The zero-order valence-corrected chi connectivity index (χ0v) is 13.1. The van der Waals surface area contributed by atoms with Crippen LogP contribution in [0.4, 0.5) is 0 Å². The standard InChI is InChI=1S/C15H34N/c1-10-16(9,12-11-13(2)3)15(7,8)14(4,5)6/h13H,10-12H2,1-9H3/q+1. The Labute approximate surface area is 104 Å². The topological polar surface area (TPSA) is 0 Å². The molecule has 1 heteroatoms. The molecule has 0 N–H and O–H groups in total. The maximum absolute atomic E-state index is 2.43. The molecule has 1 unspecified atom stereocenters. The Morgan fingerprint density at radius 1 is 1.00 bits per heavy atom. The van der Waals surface area contributed by atoms with Gasteiger partial charge in [0.2, 0.25) is 0 Å². The largest absolute Gasteiger partial charge is 0.321 e. The molecule has 0 radical (unpaired) electrons. The quantitative estimate of drug-likeness (QED) is 0.615. The molecule has 0 aromatic carbocycles. The highest BCUT2D eigenvalue weighted by Crippen LogP contribution is 2.39. The minimum Gasteiger partial charge on any atom is -0.321 e. The fraction of sp³-hybridized carbons (Fsp3) is 1.00. The summed E-state index contributed by atoms with van der Waals surface area (Å²) in [6.45, 7) is 21.4. The summed E-state index contributed by atoms with van der Waals surface area (Å²) in [7, 11) is 2.42. The molecule has 0 aliphatic heterocycles. The monoisotopic (exact) mass is 228 g/mol. The van der Waals surface area contributed by atoms with Crippen molar-refractivity contribution < 1.29 is 4.48 Å². The van der Waals surface area contributed by atoms with Crippen LogP contribution < -0.4 is 0 Å². The molecule has 1 nitrogen and oxygen atoms in total. The highest BCUT2D eigenvalue weighted by atomic mass is 15.4. The van der Waals surface area contributed by atoms with Gasteiger partial charge < -0.3 is 4.48 Å². The summed E-state index contributed by atoms with van der Waals surface area (Å²) in [6.07, 6.45) is 1.32. The number of quaternary nitrogens is 1. The third-order valence-corrected chi connectivity index (χ3v) is 5.08. The predicted octanol–water partition coefficient (Wildman–Crippen LogP) is 4.32. The van der Waals surface area contributed by atoms with E-state index in [9.17, 15) is 0 Å². The second-order valence-electron chi connectivity index (χ2n) is 7.43. The molecule has 1 atom stereocenters. The summed E-state index contributed by atoms with van der Waals surface area (Å²) in [4.78, 5) is 0. The molecule has 0 aliphatic rings. The average molecular weight is 228 g/mol. The molecule has 0 heterocycles. The molecular weight excluding hydrogens is 194 g/mol. The Balaban J connectivity index is 4.94. The van der Waals surface area contributed by atoms with E-state index < -0.39 is 0 Å². The Morgan fingerprint density at radius 2 is 1.44 bits per heavy atom. The van der Waals surface area contributed by atoms with Crippen LogP contribution in [0.3, 0.4) is 0 Å². The van der Waals surface area contributed by atoms with Gasteiger partial charge in [0.05, 0.1) is 25.7 Å². The van der Waals surface area contributed by atoms with E-state index in [1.807, 2.05) is 0 Å². The summed E-state index contributed by atoms with van der Waals surface area (Å²) in [5.41, 5.74) is 0.658. The van der Waals surface area contributed by atoms with Crippen LogP contribution in [0, 0.1) is 11.3 Å². The molecule has 0 amide bonds. The van der Waals surface area contributed by atoms with E-state index in [1.54, 1.807) is 0 Å². The molecule has 0 bridgehead atoms. The van der Waals surface area contributed by atoms with Crippen molar-refractivity contribution in [2.75, 3.05) is 20.1 Å². The molecule has 0 rings (SSSR count). The highest BCUT2D eigenvalue weighted by Gasteiger charge is 2.47. The fourth-order valence-corrected chi connectivity index (χ4v) is 2.19. The molecule has 0 aromatic heterocycles. The van der Waals surface area contributed by atoms with Crippen molar-refractivity contribution >= 4 is 0 Å². The number of nitrogens with zero attached hydrogens (tertiary/aromatic N) is 1. The van der Waals surface area contributed by atoms with Crippen LogP contribution in [0.15, 0.2) is 0 Å². The number of hydrogen-bond acceptors (Lipinski definition) is 0. The first kappa shape index (κ1) is 16.0. The first-order valence-corrected chi connectivity index (χ1v) is 6.82. The normalized spacial score (nSPS) is 17.6. The molecule has 98 valence electrons. The summed E-state index contributed by atoms with van der Waals surface area (Å²) in [5.74, 6) is 0.805. The molecule has 0 saturated carbocycles. The van der Waals surface area contributed by atoms with Gasteiger partial charge in [-0.3, -0.25) is 0 Å². The van der Waals surface area contributed by atoms with E-state index in [-0.39, 0.29) is 0 Å². The Morgan fingerprint density at radius 3 is 1.69 bits per heavy atom. The van der Waals surface area contributed by atoms with Gasteiger partial charge in [0.25, 0.3) is 0 Å². The van der Waals surface area contributed by atoms with Crippen LogP contribution in [0.5, 0.6) is 0 Å². The Hall–Kier alpha value is -0.0400. The van der Waals surface area contributed by atoms with Gasteiger partial charge in [-0.05, 0) is 33.1 Å². The minimum absolute atomic E-state index is 0.316. The van der Waals surface area contributed by atoms with Gasteiger partial charge >= 0.3 is 0 Å². The van der Waals surface area contributed by atoms with Crippen LogP contribution >= 0.6 is 0 Å². The molecule has 0 fully saturated rings. The lowest BCUT2D eigenvalue weighted by molar-refractivity contribution is -0.962. The molecule has 0 saturated heterocycles. The van der Waals surface area contributed by atoms with Crippen LogP contribution in [0.2, 0.25) is 0 Å². The third-order valence-electron chi connectivity index (χ3n) is 5.08. The van der Waals surface area contributed by atoms with E-state index in [1.165, 1.54) is 24.0 Å². The van der Waals surface area contributed by atoms with Crippen LogP contribution in [-0.2, 0) is 0 Å². The number of hydrogen-bond donors (Lipinski definition) is 0. The van der Waals surface area contributed by atoms with E-state index >= 15 is 0 Å². The predicted molar refractivity (Wildman–Crippen MR) is 74.6 cm³/mol. The van der Waals surface area contributed by atoms with Gasteiger partial charge in [-0.2, -0.15) is 0 Å². The molecule has 0 spiro atoms. The van der Waals surface area contributed by atoms with Gasteiger partial charge in [-0.25, -0.2) is 0 Å². The van der Waals surface area contributed by atoms with Crippen molar-refractivity contribution in [1.82, 2.24) is 0 Å². The summed E-state index contributed by atoms with van der Waals surface area (Å²) in [5, 5.41) is 0. The average Bonchev–Trinajstić information content (AvgIpc) is 2.12. The third kappa shape index (κ3) is 3.23. The summed E-state index contributed by atoms with van der Waals surface area (Å²) in [6, 6.07) is 0. The SMILES string of the molecule is CC[N+](C)(CCC(C)C)C(C)(C)C(C)(C)C. The van der Waals surface area contributed by atoms with E-state index in [0.29, 0.717) is 11.0 Å². The molecule has 0 aliphatic carbocycles.